The number of benzene rings is 1. The van der Waals surface area contributed by atoms with Gasteiger partial charge in [-0.3, -0.25) is 4.79 Å². The third-order valence-electron chi connectivity index (χ3n) is 2.54. The Hall–Kier alpha value is -2.76. The van der Waals surface area contributed by atoms with E-state index in [-0.39, 0.29) is 5.56 Å². The van der Waals surface area contributed by atoms with E-state index in [0.717, 1.165) is 6.20 Å². The molecule has 0 atom stereocenters. The maximum absolute atomic E-state index is 13.7. The number of aromatic nitrogens is 1. The lowest BCUT2D eigenvalue weighted by molar-refractivity contribution is 0.0692. The zero-order valence-electron chi connectivity index (χ0n) is 9.63. The van der Waals surface area contributed by atoms with E-state index in [1.807, 2.05) is 0 Å². The molecule has 0 aliphatic carbocycles. The van der Waals surface area contributed by atoms with Crippen molar-refractivity contribution in [3.8, 4) is 0 Å². The minimum absolute atomic E-state index is 0.175. The van der Waals surface area contributed by atoms with E-state index in [4.69, 9.17) is 10.8 Å². The second-order valence-electron chi connectivity index (χ2n) is 3.74. The third kappa shape index (κ3) is 2.28. The number of hydrogen-bond acceptors (Lipinski definition) is 4. The number of pyridine rings is 1. The summed E-state index contributed by atoms with van der Waals surface area (Å²) in [5.74, 6) is -3.65. The number of hydrogen-bond donors (Lipinski definition) is 2. The van der Waals surface area contributed by atoms with Gasteiger partial charge in [0, 0.05) is 5.56 Å². The van der Waals surface area contributed by atoms with Crippen LogP contribution >= 0.6 is 0 Å². The molecule has 0 aliphatic rings. The van der Waals surface area contributed by atoms with Gasteiger partial charge in [-0.15, -0.1) is 0 Å². The van der Waals surface area contributed by atoms with Gasteiger partial charge < -0.3 is 10.8 Å². The third-order valence-corrected chi connectivity index (χ3v) is 2.54. The smallest absolute Gasteiger partial charge is 0.340 e. The van der Waals surface area contributed by atoms with E-state index in [0.29, 0.717) is 0 Å². The average molecular weight is 260 g/mol. The van der Waals surface area contributed by atoms with Crippen molar-refractivity contribution in [3.05, 3.63) is 59.0 Å². The van der Waals surface area contributed by atoms with Crippen LogP contribution in [0.2, 0.25) is 0 Å². The van der Waals surface area contributed by atoms with E-state index in [1.165, 1.54) is 12.1 Å². The summed E-state index contributed by atoms with van der Waals surface area (Å²) in [7, 11) is 0. The van der Waals surface area contributed by atoms with Crippen LogP contribution in [0.4, 0.5) is 10.2 Å². The molecule has 3 N–H and O–H groups in total. The highest BCUT2D eigenvalue weighted by Crippen LogP contribution is 2.21. The molecule has 0 saturated carbocycles. The lowest BCUT2D eigenvalue weighted by Crippen LogP contribution is -2.16. The molecule has 2 rings (SSSR count). The lowest BCUT2D eigenvalue weighted by Gasteiger charge is -2.08. The van der Waals surface area contributed by atoms with Crippen LogP contribution in [0.3, 0.4) is 0 Å². The summed E-state index contributed by atoms with van der Waals surface area (Å²) in [6.45, 7) is 0. The highest BCUT2D eigenvalue weighted by Gasteiger charge is 2.25. The molecule has 0 spiro atoms. The molecule has 0 amide bonds. The van der Waals surface area contributed by atoms with Gasteiger partial charge in [0.05, 0.1) is 11.8 Å². The van der Waals surface area contributed by atoms with Crippen LogP contribution in [0, 0.1) is 5.82 Å². The molecule has 1 heterocycles. The Morgan fingerprint density at radius 1 is 1.16 bits per heavy atom. The largest absolute Gasteiger partial charge is 0.478 e. The predicted molar refractivity (Wildman–Crippen MR) is 65.4 cm³/mol. The molecule has 19 heavy (non-hydrogen) atoms. The second kappa shape index (κ2) is 4.85. The van der Waals surface area contributed by atoms with Gasteiger partial charge >= 0.3 is 5.97 Å². The Morgan fingerprint density at radius 2 is 1.79 bits per heavy atom. The van der Waals surface area contributed by atoms with Gasteiger partial charge in [0.2, 0.25) is 0 Å². The van der Waals surface area contributed by atoms with Crippen molar-refractivity contribution >= 4 is 17.6 Å². The number of carboxylic acids is 1. The van der Waals surface area contributed by atoms with Crippen molar-refractivity contribution in [2.45, 2.75) is 0 Å². The number of aromatic carboxylic acids is 1. The highest BCUT2D eigenvalue weighted by atomic mass is 19.1. The predicted octanol–water partition coefficient (Wildman–Crippen LogP) is 1.73. The van der Waals surface area contributed by atoms with Crippen molar-refractivity contribution in [3.63, 3.8) is 0 Å². The molecule has 0 unspecified atom stereocenters. The highest BCUT2D eigenvalue weighted by molar-refractivity contribution is 6.15. The van der Waals surface area contributed by atoms with Gasteiger partial charge in [0.1, 0.15) is 11.4 Å². The van der Waals surface area contributed by atoms with Crippen LogP contribution in [0.1, 0.15) is 26.3 Å². The van der Waals surface area contributed by atoms with E-state index >= 15 is 0 Å². The number of anilines is 1. The monoisotopic (exact) mass is 260 g/mol. The van der Waals surface area contributed by atoms with Gasteiger partial charge in [0.15, 0.2) is 11.6 Å². The molecule has 1 aromatic carbocycles. The molecular weight excluding hydrogens is 251 g/mol. The minimum atomic E-state index is -1.50. The summed E-state index contributed by atoms with van der Waals surface area (Å²) in [6.07, 6.45) is 0.734. The zero-order valence-corrected chi connectivity index (χ0v) is 9.63. The molecule has 0 bridgehead atoms. The Kier molecular flexibility index (Phi) is 3.24. The minimum Gasteiger partial charge on any atom is -0.478 e. The number of carboxylic acid groups (broad SMARTS) is 1. The first kappa shape index (κ1) is 12.7. The van der Waals surface area contributed by atoms with E-state index in [9.17, 15) is 14.0 Å². The van der Waals surface area contributed by atoms with E-state index < -0.39 is 34.5 Å². The number of rotatable bonds is 3. The Labute approximate surface area is 107 Å². The molecule has 5 nitrogen and oxygen atoms in total. The van der Waals surface area contributed by atoms with Crippen LogP contribution in [-0.4, -0.2) is 21.8 Å². The van der Waals surface area contributed by atoms with Crippen LogP contribution in [-0.2, 0) is 0 Å². The normalized spacial score (nSPS) is 10.2. The fraction of sp³-hybridized carbons (Fsp3) is 0. The first-order valence-electron chi connectivity index (χ1n) is 5.29. The lowest BCUT2D eigenvalue weighted by atomic mass is 9.99. The molecule has 0 saturated heterocycles. The number of carbonyl (C=O) groups excluding carboxylic acids is 1. The van der Waals surface area contributed by atoms with Gasteiger partial charge in [-0.2, -0.15) is 0 Å². The van der Waals surface area contributed by atoms with Crippen LogP contribution in [0.15, 0.2) is 36.5 Å². The summed E-state index contributed by atoms with van der Waals surface area (Å²) >= 11 is 0. The summed E-state index contributed by atoms with van der Waals surface area (Å²) in [5.41, 5.74) is 4.38. The quantitative estimate of drug-likeness (QED) is 0.820. The number of halogens is 1. The van der Waals surface area contributed by atoms with Crippen molar-refractivity contribution < 1.29 is 19.1 Å². The van der Waals surface area contributed by atoms with E-state index in [1.54, 1.807) is 18.2 Å². The first-order valence-corrected chi connectivity index (χ1v) is 5.29. The van der Waals surface area contributed by atoms with Crippen molar-refractivity contribution in [1.82, 2.24) is 4.98 Å². The molecule has 0 radical (unpaired) electrons. The summed E-state index contributed by atoms with van der Waals surface area (Å²) in [4.78, 5) is 26.7. The topological polar surface area (TPSA) is 93.3 Å². The standard InChI is InChI=1S/C13H9FN2O3/c14-8-6-16-12(15)10(13(18)19)9(8)11(17)7-4-2-1-3-5-7/h1-6H,(H2,15,16)(H,18,19). The Morgan fingerprint density at radius 3 is 2.37 bits per heavy atom. The summed E-state index contributed by atoms with van der Waals surface area (Å²) < 4.78 is 13.7. The summed E-state index contributed by atoms with van der Waals surface area (Å²) in [6, 6.07) is 7.80. The van der Waals surface area contributed by atoms with Gasteiger partial charge in [-0.25, -0.2) is 14.2 Å². The fourth-order valence-electron chi connectivity index (χ4n) is 1.68. The van der Waals surface area contributed by atoms with E-state index in [2.05, 4.69) is 4.98 Å². The van der Waals surface area contributed by atoms with Gasteiger partial charge in [-0.1, -0.05) is 30.3 Å². The van der Waals surface area contributed by atoms with Gasteiger partial charge in [0.25, 0.3) is 0 Å². The first-order chi connectivity index (χ1) is 9.02. The molecule has 6 heteroatoms. The summed E-state index contributed by atoms with van der Waals surface area (Å²) in [5, 5.41) is 9.03. The molecular formula is C13H9FN2O3. The van der Waals surface area contributed by atoms with Crippen LogP contribution < -0.4 is 5.73 Å². The fourth-order valence-corrected chi connectivity index (χ4v) is 1.68. The van der Waals surface area contributed by atoms with Crippen LogP contribution in [0.25, 0.3) is 0 Å². The molecule has 96 valence electrons. The average Bonchev–Trinajstić information content (AvgIpc) is 2.41. The number of ketones is 1. The van der Waals surface area contributed by atoms with Crippen molar-refractivity contribution in [2.24, 2.45) is 0 Å². The molecule has 0 fully saturated rings. The number of nitrogen functional groups attached to an aromatic ring is 1. The molecule has 2 aromatic rings. The number of nitrogens with zero attached hydrogens (tertiary/aromatic N) is 1. The maximum atomic E-state index is 13.7. The maximum Gasteiger partial charge on any atom is 0.340 e. The zero-order chi connectivity index (χ0) is 14.0. The Balaban J connectivity index is 2.66. The number of nitrogens with two attached hydrogens (primary N) is 1. The van der Waals surface area contributed by atoms with Crippen LogP contribution in [0.5, 0.6) is 0 Å². The van der Waals surface area contributed by atoms with Gasteiger partial charge in [-0.05, 0) is 0 Å². The molecule has 0 aliphatic heterocycles. The van der Waals surface area contributed by atoms with Crippen molar-refractivity contribution in [1.29, 1.82) is 0 Å². The molecule has 1 aromatic heterocycles. The van der Waals surface area contributed by atoms with Crippen molar-refractivity contribution in [2.75, 3.05) is 5.73 Å². The Bertz CT molecular complexity index is 656. The SMILES string of the molecule is Nc1ncc(F)c(C(=O)c2ccccc2)c1C(=O)O. The number of carbonyl (C=O) groups is 2. The second-order valence-corrected chi connectivity index (χ2v) is 3.74.